The molecule has 0 aliphatic carbocycles. The number of nitrogens with one attached hydrogen (secondary N) is 1. The van der Waals surface area contributed by atoms with Gasteiger partial charge < -0.3 is 14.5 Å². The number of methoxy groups -OCH3 is 1. The van der Waals surface area contributed by atoms with E-state index in [0.29, 0.717) is 11.1 Å². The summed E-state index contributed by atoms with van der Waals surface area (Å²) in [6, 6.07) is 7.02. The zero-order valence-electron chi connectivity index (χ0n) is 11.5. The number of ether oxygens (including phenoxy) is 1. The Morgan fingerprint density at radius 2 is 2.20 bits per heavy atom. The summed E-state index contributed by atoms with van der Waals surface area (Å²) in [7, 11) is 1.46. The van der Waals surface area contributed by atoms with Crippen molar-refractivity contribution in [2.45, 2.75) is 19.4 Å². The fourth-order valence-electron chi connectivity index (χ4n) is 2.16. The van der Waals surface area contributed by atoms with Crippen LogP contribution in [0.25, 0.3) is 0 Å². The van der Waals surface area contributed by atoms with E-state index in [1.807, 2.05) is 19.1 Å². The Kier molecular flexibility index (Phi) is 5.20. The first-order valence-corrected chi connectivity index (χ1v) is 7.23. The second-order valence-corrected chi connectivity index (χ2v) is 5.15. The van der Waals surface area contributed by atoms with Gasteiger partial charge >= 0.3 is 0 Å². The predicted octanol–water partition coefficient (Wildman–Crippen LogP) is 4.08. The van der Waals surface area contributed by atoms with Gasteiger partial charge in [-0.3, -0.25) is 0 Å². The summed E-state index contributed by atoms with van der Waals surface area (Å²) >= 11 is 3.39. The standard InChI is InChI=1S/C15H17BrFNO2/c1-3-18-13(11-6-7-20-15(11)16)9-10-4-5-14(19-2)12(17)8-10/h4-8,13,18H,3,9H2,1-2H3. The van der Waals surface area contributed by atoms with E-state index in [9.17, 15) is 4.39 Å². The maximum atomic E-state index is 13.7. The number of benzene rings is 1. The molecule has 1 atom stereocenters. The van der Waals surface area contributed by atoms with Crippen molar-refractivity contribution in [3.8, 4) is 5.75 Å². The van der Waals surface area contributed by atoms with Crippen LogP contribution in [-0.4, -0.2) is 13.7 Å². The van der Waals surface area contributed by atoms with Gasteiger partial charge in [0.25, 0.3) is 0 Å². The van der Waals surface area contributed by atoms with E-state index in [1.165, 1.54) is 13.2 Å². The van der Waals surface area contributed by atoms with Gasteiger partial charge in [-0.05, 0) is 52.7 Å². The summed E-state index contributed by atoms with van der Waals surface area (Å²) in [6.45, 7) is 2.86. The molecule has 0 aliphatic rings. The molecule has 1 aromatic heterocycles. The van der Waals surface area contributed by atoms with Crippen molar-refractivity contribution in [3.63, 3.8) is 0 Å². The number of halogens is 2. The van der Waals surface area contributed by atoms with Crippen LogP contribution >= 0.6 is 15.9 Å². The summed E-state index contributed by atoms with van der Waals surface area (Å²) in [4.78, 5) is 0. The van der Waals surface area contributed by atoms with Crippen molar-refractivity contribution in [1.82, 2.24) is 5.32 Å². The largest absolute Gasteiger partial charge is 0.494 e. The topological polar surface area (TPSA) is 34.4 Å². The summed E-state index contributed by atoms with van der Waals surface area (Å²) < 4.78 is 24.6. The van der Waals surface area contributed by atoms with Gasteiger partial charge in [0.05, 0.1) is 13.4 Å². The summed E-state index contributed by atoms with van der Waals surface area (Å²) in [5, 5.41) is 3.38. The molecule has 0 bridgehead atoms. The minimum atomic E-state index is -0.341. The van der Waals surface area contributed by atoms with E-state index < -0.39 is 0 Å². The van der Waals surface area contributed by atoms with Gasteiger partial charge in [0.1, 0.15) is 0 Å². The van der Waals surface area contributed by atoms with Gasteiger partial charge in [-0.1, -0.05) is 13.0 Å². The summed E-state index contributed by atoms with van der Waals surface area (Å²) in [5.41, 5.74) is 1.94. The first-order valence-electron chi connectivity index (χ1n) is 6.44. The van der Waals surface area contributed by atoms with Crippen molar-refractivity contribution in [2.24, 2.45) is 0 Å². The van der Waals surface area contributed by atoms with Crippen LogP contribution in [0.4, 0.5) is 4.39 Å². The van der Waals surface area contributed by atoms with Gasteiger partial charge in [-0.25, -0.2) is 4.39 Å². The van der Waals surface area contributed by atoms with E-state index in [4.69, 9.17) is 9.15 Å². The molecule has 0 fully saturated rings. The SMILES string of the molecule is CCNC(Cc1ccc(OC)c(F)c1)c1ccoc1Br. The Morgan fingerprint density at radius 3 is 2.75 bits per heavy atom. The third-order valence-corrected chi connectivity index (χ3v) is 3.77. The smallest absolute Gasteiger partial charge is 0.173 e. The van der Waals surface area contributed by atoms with Crippen molar-refractivity contribution < 1.29 is 13.5 Å². The van der Waals surface area contributed by atoms with Gasteiger partial charge in [-0.15, -0.1) is 0 Å². The molecule has 108 valence electrons. The lowest BCUT2D eigenvalue weighted by atomic mass is 10.0. The maximum Gasteiger partial charge on any atom is 0.173 e. The quantitative estimate of drug-likeness (QED) is 0.859. The minimum Gasteiger partial charge on any atom is -0.494 e. The molecule has 2 rings (SSSR count). The highest BCUT2D eigenvalue weighted by atomic mass is 79.9. The van der Waals surface area contributed by atoms with Crippen molar-refractivity contribution in [2.75, 3.05) is 13.7 Å². The monoisotopic (exact) mass is 341 g/mol. The molecule has 5 heteroatoms. The molecule has 2 aromatic rings. The number of hydrogen-bond acceptors (Lipinski definition) is 3. The molecule has 0 amide bonds. The van der Waals surface area contributed by atoms with Gasteiger partial charge in [0.15, 0.2) is 16.2 Å². The molecule has 1 aromatic carbocycles. The fraction of sp³-hybridized carbons (Fsp3) is 0.333. The van der Waals surface area contributed by atoms with Crippen LogP contribution < -0.4 is 10.1 Å². The first-order chi connectivity index (χ1) is 9.65. The zero-order valence-corrected chi connectivity index (χ0v) is 13.0. The molecule has 1 unspecified atom stereocenters. The fourth-order valence-corrected chi connectivity index (χ4v) is 2.68. The van der Waals surface area contributed by atoms with Crippen molar-refractivity contribution >= 4 is 15.9 Å². The highest BCUT2D eigenvalue weighted by molar-refractivity contribution is 9.10. The molecule has 1 heterocycles. The highest BCUT2D eigenvalue weighted by Gasteiger charge is 2.17. The van der Waals surface area contributed by atoms with Crippen LogP contribution in [0.2, 0.25) is 0 Å². The second-order valence-electron chi connectivity index (χ2n) is 4.43. The van der Waals surface area contributed by atoms with Crippen LogP contribution in [0.1, 0.15) is 24.1 Å². The van der Waals surface area contributed by atoms with Crippen LogP contribution in [0.3, 0.4) is 0 Å². The molecular weight excluding hydrogens is 325 g/mol. The Labute approximate surface area is 126 Å². The molecule has 0 radical (unpaired) electrons. The van der Waals surface area contributed by atoms with Crippen molar-refractivity contribution in [3.05, 3.63) is 52.1 Å². The van der Waals surface area contributed by atoms with Crippen LogP contribution in [-0.2, 0) is 6.42 Å². The third-order valence-electron chi connectivity index (χ3n) is 3.13. The van der Waals surface area contributed by atoms with Crippen LogP contribution in [0.15, 0.2) is 39.6 Å². The molecule has 20 heavy (non-hydrogen) atoms. The summed E-state index contributed by atoms with van der Waals surface area (Å²) in [6.07, 6.45) is 2.31. The maximum absolute atomic E-state index is 13.7. The number of likely N-dealkylation sites (N-methyl/N-ethyl adjacent to an activating group) is 1. The predicted molar refractivity (Wildman–Crippen MR) is 79.5 cm³/mol. The van der Waals surface area contributed by atoms with Crippen molar-refractivity contribution in [1.29, 1.82) is 0 Å². The molecule has 0 spiro atoms. The first kappa shape index (κ1) is 15.1. The van der Waals surface area contributed by atoms with E-state index in [0.717, 1.165) is 17.7 Å². The van der Waals surface area contributed by atoms with Gasteiger partial charge in [0.2, 0.25) is 0 Å². The number of hydrogen-bond donors (Lipinski definition) is 1. The molecule has 0 aliphatic heterocycles. The van der Waals surface area contributed by atoms with Crippen LogP contribution in [0, 0.1) is 5.82 Å². The average Bonchev–Trinajstić information content (AvgIpc) is 2.85. The average molecular weight is 342 g/mol. The number of rotatable bonds is 6. The Balaban J connectivity index is 2.20. The number of furan rings is 1. The highest BCUT2D eigenvalue weighted by Crippen LogP contribution is 2.28. The Morgan fingerprint density at radius 1 is 1.40 bits per heavy atom. The van der Waals surface area contributed by atoms with E-state index in [-0.39, 0.29) is 17.6 Å². The zero-order chi connectivity index (χ0) is 14.5. The lowest BCUT2D eigenvalue weighted by molar-refractivity contribution is 0.386. The molecule has 0 saturated carbocycles. The van der Waals surface area contributed by atoms with Gasteiger partial charge in [0, 0.05) is 11.6 Å². The normalized spacial score (nSPS) is 12.4. The van der Waals surface area contributed by atoms with Gasteiger partial charge in [-0.2, -0.15) is 0 Å². The lowest BCUT2D eigenvalue weighted by Crippen LogP contribution is -2.22. The second kappa shape index (κ2) is 6.90. The molecule has 1 N–H and O–H groups in total. The van der Waals surface area contributed by atoms with E-state index in [2.05, 4.69) is 21.2 Å². The summed E-state index contributed by atoms with van der Waals surface area (Å²) in [5.74, 6) is -0.0789. The molecule has 0 saturated heterocycles. The lowest BCUT2D eigenvalue weighted by Gasteiger charge is -2.17. The van der Waals surface area contributed by atoms with E-state index in [1.54, 1.807) is 12.3 Å². The van der Waals surface area contributed by atoms with Crippen LogP contribution in [0.5, 0.6) is 5.75 Å². The minimum absolute atomic E-state index is 0.0703. The Hall–Kier alpha value is -1.33. The molecule has 3 nitrogen and oxygen atoms in total. The third kappa shape index (κ3) is 3.41. The Bertz CT molecular complexity index is 571. The van der Waals surface area contributed by atoms with E-state index >= 15 is 0 Å². The molecular formula is C15H17BrFNO2.